The van der Waals surface area contributed by atoms with E-state index in [-0.39, 0.29) is 12.1 Å². The van der Waals surface area contributed by atoms with Crippen LogP contribution in [-0.2, 0) is 18.4 Å². The fourth-order valence-corrected chi connectivity index (χ4v) is 4.98. The van der Waals surface area contributed by atoms with Gasteiger partial charge in [0.2, 0.25) is 0 Å². The Balaban J connectivity index is 1.73. The Morgan fingerprint density at radius 1 is 1.00 bits per heavy atom. The molecule has 5 rings (SSSR count). The number of carboxylic acid groups (broad SMARTS) is 1. The lowest BCUT2D eigenvalue weighted by atomic mass is 10.0. The van der Waals surface area contributed by atoms with Gasteiger partial charge in [-0.1, -0.05) is 12.1 Å². The number of nitrogens with two attached hydrogens (primary N) is 1. The summed E-state index contributed by atoms with van der Waals surface area (Å²) < 4.78 is 18.8. The van der Waals surface area contributed by atoms with Crippen molar-refractivity contribution < 1.29 is 14.3 Å². The Morgan fingerprint density at radius 3 is 2.39 bits per heavy atom. The van der Waals surface area contributed by atoms with Crippen LogP contribution in [0.1, 0.15) is 34.7 Å². The van der Waals surface area contributed by atoms with Gasteiger partial charge >= 0.3 is 11.7 Å². The summed E-state index contributed by atoms with van der Waals surface area (Å²) in [7, 11) is 1.98. The van der Waals surface area contributed by atoms with Gasteiger partial charge in [0, 0.05) is 29.8 Å². The largest absolute Gasteiger partial charge is 0.481 e. The monoisotopic (exact) mass is 486 g/mol. The molecular formula is C28H27FN4O3. The lowest BCUT2D eigenvalue weighted by Gasteiger charge is -2.17. The predicted octanol–water partition coefficient (Wildman–Crippen LogP) is 4.75. The summed E-state index contributed by atoms with van der Waals surface area (Å²) >= 11 is 0. The summed E-state index contributed by atoms with van der Waals surface area (Å²) in [5.74, 6) is -1.51. The number of anilines is 1. The van der Waals surface area contributed by atoms with Crippen LogP contribution in [-0.4, -0.2) is 24.8 Å². The van der Waals surface area contributed by atoms with Crippen LogP contribution in [0.3, 0.4) is 0 Å². The molecule has 0 amide bonds. The normalized spacial score (nSPS) is 12.4. The molecule has 36 heavy (non-hydrogen) atoms. The predicted molar refractivity (Wildman–Crippen MR) is 139 cm³/mol. The summed E-state index contributed by atoms with van der Waals surface area (Å²) in [5.41, 5.74) is 12.3. The molecule has 0 radical (unpaired) electrons. The van der Waals surface area contributed by atoms with E-state index in [1.54, 1.807) is 22.8 Å². The Labute approximate surface area is 206 Å². The molecule has 0 spiro atoms. The summed E-state index contributed by atoms with van der Waals surface area (Å²) in [4.78, 5) is 25.8. The zero-order chi connectivity index (χ0) is 25.7. The third kappa shape index (κ3) is 3.94. The van der Waals surface area contributed by atoms with Gasteiger partial charge in [-0.05, 0) is 78.6 Å². The first-order valence-electron chi connectivity index (χ1n) is 11.7. The smallest absolute Gasteiger partial charge is 0.330 e. The van der Waals surface area contributed by atoms with Gasteiger partial charge in [-0.15, -0.1) is 0 Å². The van der Waals surface area contributed by atoms with E-state index >= 15 is 0 Å². The quantitative estimate of drug-likeness (QED) is 0.339. The van der Waals surface area contributed by atoms with Gasteiger partial charge in [-0.3, -0.25) is 13.9 Å². The summed E-state index contributed by atoms with van der Waals surface area (Å²) in [6, 6.07) is 14.2. The molecule has 3 N–H and O–H groups in total. The van der Waals surface area contributed by atoms with Crippen LogP contribution >= 0.6 is 0 Å². The molecule has 2 heterocycles. The third-order valence-electron chi connectivity index (χ3n) is 6.94. The fraction of sp³-hybridized carbons (Fsp3) is 0.214. The lowest BCUT2D eigenvalue weighted by molar-refractivity contribution is -0.137. The van der Waals surface area contributed by atoms with Crippen LogP contribution in [0.2, 0.25) is 0 Å². The highest BCUT2D eigenvalue weighted by Crippen LogP contribution is 2.29. The topological polar surface area (TPSA) is 95.2 Å². The molecule has 0 fully saturated rings. The number of hydrogen-bond acceptors (Lipinski definition) is 3. The van der Waals surface area contributed by atoms with Crippen LogP contribution in [0.25, 0.3) is 21.9 Å². The van der Waals surface area contributed by atoms with Crippen LogP contribution < -0.4 is 11.4 Å². The number of carbonyl (C=O) groups is 1. The van der Waals surface area contributed by atoms with Crippen molar-refractivity contribution in [3.05, 3.63) is 99.3 Å². The van der Waals surface area contributed by atoms with Gasteiger partial charge in [0.1, 0.15) is 5.82 Å². The number of benzene rings is 3. The van der Waals surface area contributed by atoms with Gasteiger partial charge in [0.15, 0.2) is 0 Å². The Morgan fingerprint density at radius 2 is 1.69 bits per heavy atom. The summed E-state index contributed by atoms with van der Waals surface area (Å²) in [6.07, 6.45) is 1.68. The first kappa shape index (κ1) is 23.4. The molecule has 0 bridgehead atoms. The molecule has 0 unspecified atom stereocenters. The molecule has 5 aromatic rings. The molecule has 7 nitrogen and oxygen atoms in total. The van der Waals surface area contributed by atoms with E-state index in [0.717, 1.165) is 22.0 Å². The van der Waals surface area contributed by atoms with Crippen molar-refractivity contribution in [1.29, 1.82) is 0 Å². The van der Waals surface area contributed by atoms with Gasteiger partial charge in [-0.2, -0.15) is 0 Å². The van der Waals surface area contributed by atoms with Crippen LogP contribution in [0, 0.1) is 19.7 Å². The van der Waals surface area contributed by atoms with Crippen LogP contribution in [0.5, 0.6) is 0 Å². The Kier molecular flexibility index (Phi) is 5.67. The molecule has 0 saturated heterocycles. The van der Waals surface area contributed by atoms with Crippen molar-refractivity contribution in [3.8, 4) is 0 Å². The maximum Gasteiger partial charge on any atom is 0.330 e. The number of aromatic nitrogens is 3. The van der Waals surface area contributed by atoms with Crippen LogP contribution in [0.4, 0.5) is 10.1 Å². The minimum absolute atomic E-state index is 0.301. The third-order valence-corrected chi connectivity index (χ3v) is 6.94. The molecule has 1 atom stereocenters. The fourth-order valence-electron chi connectivity index (χ4n) is 4.98. The van der Waals surface area contributed by atoms with Crippen molar-refractivity contribution in [2.45, 2.75) is 32.9 Å². The van der Waals surface area contributed by atoms with Gasteiger partial charge < -0.3 is 15.4 Å². The zero-order valence-corrected chi connectivity index (χ0v) is 20.3. The van der Waals surface area contributed by atoms with Crippen molar-refractivity contribution in [3.63, 3.8) is 0 Å². The van der Waals surface area contributed by atoms with E-state index < -0.39 is 17.8 Å². The number of fused-ring (bicyclic) bond motifs is 2. The molecule has 0 aliphatic carbocycles. The lowest BCUT2D eigenvalue weighted by Crippen LogP contribution is -2.29. The average Bonchev–Trinajstić information content (AvgIpc) is 3.26. The highest BCUT2D eigenvalue weighted by atomic mass is 19.1. The van der Waals surface area contributed by atoms with Crippen molar-refractivity contribution in [2.24, 2.45) is 7.05 Å². The van der Waals surface area contributed by atoms with E-state index in [9.17, 15) is 19.1 Å². The zero-order valence-electron chi connectivity index (χ0n) is 20.3. The molecule has 8 heteroatoms. The van der Waals surface area contributed by atoms with Crippen molar-refractivity contribution >= 4 is 33.6 Å². The number of hydrogen-bond donors (Lipinski definition) is 2. The number of nitrogens with zero attached hydrogens (tertiary/aromatic N) is 3. The first-order valence-corrected chi connectivity index (χ1v) is 11.7. The van der Waals surface area contributed by atoms with Crippen molar-refractivity contribution in [2.75, 3.05) is 5.73 Å². The molecule has 2 aromatic heterocycles. The van der Waals surface area contributed by atoms with E-state index in [0.29, 0.717) is 28.8 Å². The number of halogens is 1. The summed E-state index contributed by atoms with van der Waals surface area (Å²) in [5, 5.41) is 10.7. The van der Waals surface area contributed by atoms with E-state index in [1.807, 2.05) is 17.8 Å². The molecule has 0 aliphatic rings. The highest BCUT2D eigenvalue weighted by Gasteiger charge is 2.25. The Hall–Kier alpha value is -4.33. The molecule has 3 aromatic carbocycles. The minimum atomic E-state index is -1.07. The number of imidazole rings is 1. The number of carboxylic acids is 1. The average molecular weight is 487 g/mol. The minimum Gasteiger partial charge on any atom is -0.481 e. The van der Waals surface area contributed by atoms with E-state index in [1.165, 1.54) is 34.4 Å². The number of nitrogen functional groups attached to an aromatic ring is 1. The van der Waals surface area contributed by atoms with E-state index in [4.69, 9.17) is 5.73 Å². The second kappa shape index (κ2) is 8.71. The van der Waals surface area contributed by atoms with Crippen LogP contribution in [0.15, 0.2) is 65.6 Å². The molecule has 0 aliphatic heterocycles. The van der Waals surface area contributed by atoms with Gasteiger partial charge in [-0.25, -0.2) is 9.18 Å². The van der Waals surface area contributed by atoms with E-state index in [2.05, 4.69) is 26.0 Å². The van der Waals surface area contributed by atoms with Gasteiger partial charge in [0.05, 0.1) is 30.0 Å². The molecule has 0 saturated carbocycles. The standard InChI is InChI=1S/C28H27FN4O3/c1-16-10-22-19(14-31(3)25(22)11-17(16)2)15-32-23-9-8-21(30)12-26(23)33(28(32)36)24(13-27(34)35)18-4-6-20(29)7-5-18/h4-12,14,24H,13,15,30H2,1-3H3,(H,34,35)/t24-/m1/s1. The maximum atomic E-state index is 13.9. The first-order chi connectivity index (χ1) is 17.1. The molecular weight excluding hydrogens is 459 g/mol. The second-order valence-corrected chi connectivity index (χ2v) is 9.37. The highest BCUT2D eigenvalue weighted by molar-refractivity contribution is 5.86. The van der Waals surface area contributed by atoms with Gasteiger partial charge in [0.25, 0.3) is 0 Å². The van der Waals surface area contributed by atoms with Crippen molar-refractivity contribution in [1.82, 2.24) is 13.7 Å². The second-order valence-electron chi connectivity index (χ2n) is 9.37. The summed E-state index contributed by atoms with van der Waals surface area (Å²) in [6.45, 7) is 4.43. The number of aliphatic carboxylic acids is 1. The number of aryl methyl sites for hydroxylation is 3. The SMILES string of the molecule is Cc1cc2c(Cn3c(=O)n([C@H](CC(=O)O)c4ccc(F)cc4)c4cc(N)ccc43)cn(C)c2cc1C. The maximum absolute atomic E-state index is 13.9. The molecule has 184 valence electrons. The number of rotatable bonds is 6. The Bertz CT molecular complexity index is 1690.